The molecule has 2 rings (SSSR count). The number of rotatable bonds is 5. The summed E-state index contributed by atoms with van der Waals surface area (Å²) in [5, 5.41) is 5.74. The molecule has 2 aromatic rings. The maximum absolute atomic E-state index is 12.8. The Bertz CT molecular complexity index is 584. The summed E-state index contributed by atoms with van der Waals surface area (Å²) in [4.78, 5) is 15.4. The second-order valence-corrected chi connectivity index (χ2v) is 4.31. The number of hydrogen-bond donors (Lipinski definition) is 2. The van der Waals surface area contributed by atoms with Crippen molar-refractivity contribution in [2.75, 3.05) is 18.9 Å². The Kier molecular flexibility index (Phi) is 4.65. The largest absolute Gasteiger partial charge is 0.385 e. The Morgan fingerprint density at radius 2 is 2.00 bits per heavy atom. The number of carbonyl (C=O) groups excluding carboxylic acids is 1. The van der Waals surface area contributed by atoms with E-state index in [1.165, 1.54) is 12.1 Å². The van der Waals surface area contributed by atoms with E-state index >= 15 is 0 Å². The number of halogens is 1. The van der Waals surface area contributed by atoms with Gasteiger partial charge < -0.3 is 10.6 Å². The number of anilines is 1. The van der Waals surface area contributed by atoms with Crippen LogP contribution in [0, 0.1) is 5.82 Å². The average Bonchev–Trinajstić information content (AvgIpc) is 2.49. The fourth-order valence-electron chi connectivity index (χ4n) is 1.79. The lowest BCUT2D eigenvalue weighted by Crippen LogP contribution is -2.19. The van der Waals surface area contributed by atoms with Crippen molar-refractivity contribution in [1.29, 1.82) is 0 Å². The topological polar surface area (TPSA) is 54.0 Å². The summed E-state index contributed by atoms with van der Waals surface area (Å²) in [6.07, 6.45) is 2.36. The molecular weight excluding hydrogens is 257 g/mol. The third-order valence-electron chi connectivity index (χ3n) is 2.88. The van der Waals surface area contributed by atoms with Crippen molar-refractivity contribution < 1.29 is 9.18 Å². The lowest BCUT2D eigenvalue weighted by Gasteiger charge is -2.07. The molecular formula is C15H16FN3O. The van der Waals surface area contributed by atoms with Crippen molar-refractivity contribution in [3.05, 3.63) is 59.7 Å². The van der Waals surface area contributed by atoms with Gasteiger partial charge in [0.15, 0.2) is 0 Å². The van der Waals surface area contributed by atoms with E-state index in [0.717, 1.165) is 17.7 Å². The predicted molar refractivity (Wildman–Crippen MR) is 76.2 cm³/mol. The zero-order chi connectivity index (χ0) is 14.4. The van der Waals surface area contributed by atoms with Gasteiger partial charge in [-0.15, -0.1) is 0 Å². The number of nitrogens with zero attached hydrogens (tertiary/aromatic N) is 1. The second kappa shape index (κ2) is 6.65. The van der Waals surface area contributed by atoms with Gasteiger partial charge in [0.1, 0.15) is 11.5 Å². The summed E-state index contributed by atoms with van der Waals surface area (Å²) < 4.78 is 12.8. The smallest absolute Gasteiger partial charge is 0.269 e. The molecule has 1 aromatic heterocycles. The maximum atomic E-state index is 12.8. The second-order valence-electron chi connectivity index (χ2n) is 4.31. The molecule has 0 aliphatic heterocycles. The molecule has 0 aliphatic carbocycles. The van der Waals surface area contributed by atoms with E-state index in [9.17, 15) is 9.18 Å². The van der Waals surface area contributed by atoms with Crippen LogP contribution in [-0.2, 0) is 6.42 Å². The molecule has 5 heteroatoms. The van der Waals surface area contributed by atoms with Crippen molar-refractivity contribution in [3.8, 4) is 0 Å². The Morgan fingerprint density at radius 1 is 1.25 bits per heavy atom. The van der Waals surface area contributed by atoms with Crippen LogP contribution < -0.4 is 10.6 Å². The lowest BCUT2D eigenvalue weighted by molar-refractivity contribution is 0.0958. The van der Waals surface area contributed by atoms with Crippen LogP contribution in [0.4, 0.5) is 10.1 Å². The first-order valence-corrected chi connectivity index (χ1v) is 6.35. The van der Waals surface area contributed by atoms with Crippen molar-refractivity contribution in [2.45, 2.75) is 6.42 Å². The van der Waals surface area contributed by atoms with E-state index in [0.29, 0.717) is 12.2 Å². The van der Waals surface area contributed by atoms with Gasteiger partial charge in [0, 0.05) is 25.5 Å². The fourth-order valence-corrected chi connectivity index (χ4v) is 1.79. The van der Waals surface area contributed by atoms with Gasteiger partial charge >= 0.3 is 0 Å². The van der Waals surface area contributed by atoms with E-state index < -0.39 is 0 Å². The number of benzene rings is 1. The van der Waals surface area contributed by atoms with Gasteiger partial charge in [-0.05, 0) is 36.2 Å². The van der Waals surface area contributed by atoms with Gasteiger partial charge in [-0.1, -0.05) is 12.1 Å². The van der Waals surface area contributed by atoms with Gasteiger partial charge in [0.05, 0.1) is 0 Å². The van der Waals surface area contributed by atoms with Crippen molar-refractivity contribution in [1.82, 2.24) is 10.3 Å². The van der Waals surface area contributed by atoms with Gasteiger partial charge in [-0.3, -0.25) is 9.78 Å². The highest BCUT2D eigenvalue weighted by Gasteiger charge is 2.04. The molecule has 104 valence electrons. The zero-order valence-corrected chi connectivity index (χ0v) is 11.2. The van der Waals surface area contributed by atoms with Crippen LogP contribution in [0.25, 0.3) is 0 Å². The van der Waals surface area contributed by atoms with Crippen LogP contribution >= 0.6 is 0 Å². The summed E-state index contributed by atoms with van der Waals surface area (Å²) in [7, 11) is 1.57. The average molecular weight is 273 g/mol. The molecule has 1 amide bonds. The molecule has 0 fully saturated rings. The maximum Gasteiger partial charge on any atom is 0.269 e. The number of amides is 1. The molecule has 2 N–H and O–H groups in total. The summed E-state index contributed by atoms with van der Waals surface area (Å²) >= 11 is 0. The van der Waals surface area contributed by atoms with Crippen LogP contribution in [-0.4, -0.2) is 24.5 Å². The third-order valence-corrected chi connectivity index (χ3v) is 2.88. The zero-order valence-electron chi connectivity index (χ0n) is 11.2. The summed E-state index contributed by atoms with van der Waals surface area (Å²) in [6.45, 7) is 0.697. The number of pyridine rings is 1. The van der Waals surface area contributed by atoms with Gasteiger partial charge in [0.25, 0.3) is 5.91 Å². The Morgan fingerprint density at radius 3 is 2.70 bits per heavy atom. The molecule has 0 aliphatic rings. The fraction of sp³-hybridized carbons (Fsp3) is 0.200. The van der Waals surface area contributed by atoms with Gasteiger partial charge in [-0.2, -0.15) is 0 Å². The molecule has 0 atom stereocenters. The Hall–Kier alpha value is -2.43. The van der Waals surface area contributed by atoms with Crippen LogP contribution in [0.15, 0.2) is 42.6 Å². The molecule has 0 spiro atoms. The first-order chi connectivity index (χ1) is 9.69. The minimum absolute atomic E-state index is 0.216. The summed E-state index contributed by atoms with van der Waals surface area (Å²) in [5.41, 5.74) is 2.26. The van der Waals surface area contributed by atoms with E-state index in [1.807, 2.05) is 0 Å². The van der Waals surface area contributed by atoms with E-state index in [4.69, 9.17) is 0 Å². The molecule has 1 heterocycles. The Labute approximate surface area is 117 Å². The normalized spacial score (nSPS) is 10.1. The first-order valence-electron chi connectivity index (χ1n) is 6.35. The minimum atomic E-state index is -0.230. The third kappa shape index (κ3) is 3.78. The van der Waals surface area contributed by atoms with E-state index in [1.54, 1.807) is 37.5 Å². The van der Waals surface area contributed by atoms with E-state index in [2.05, 4.69) is 15.6 Å². The van der Waals surface area contributed by atoms with Gasteiger partial charge in [0.2, 0.25) is 0 Å². The highest BCUT2D eigenvalue weighted by Crippen LogP contribution is 2.09. The van der Waals surface area contributed by atoms with E-state index in [-0.39, 0.29) is 11.7 Å². The molecule has 4 nitrogen and oxygen atoms in total. The molecule has 0 saturated heterocycles. The lowest BCUT2D eigenvalue weighted by atomic mass is 10.1. The Balaban J connectivity index is 1.91. The van der Waals surface area contributed by atoms with Crippen LogP contribution in [0.5, 0.6) is 0 Å². The predicted octanol–water partition coefficient (Wildman–Crippen LogP) is 2.23. The number of carbonyl (C=O) groups is 1. The highest BCUT2D eigenvalue weighted by atomic mass is 19.1. The molecule has 0 radical (unpaired) electrons. The summed E-state index contributed by atoms with van der Waals surface area (Å²) in [6, 6.07) is 9.93. The monoisotopic (exact) mass is 273 g/mol. The quantitative estimate of drug-likeness (QED) is 0.878. The summed E-state index contributed by atoms with van der Waals surface area (Å²) in [5.74, 6) is -0.446. The highest BCUT2D eigenvalue weighted by molar-refractivity contribution is 5.92. The molecule has 20 heavy (non-hydrogen) atoms. The molecule has 1 aromatic carbocycles. The molecule has 0 unspecified atom stereocenters. The van der Waals surface area contributed by atoms with Crippen molar-refractivity contribution >= 4 is 11.6 Å². The molecule has 0 saturated carbocycles. The molecule has 0 bridgehead atoms. The van der Waals surface area contributed by atoms with Crippen LogP contribution in [0.3, 0.4) is 0 Å². The standard InChI is InChI=1S/C15H16FN3O/c1-17-15(20)14-10-13(7-9-19-14)18-8-6-11-2-4-12(16)5-3-11/h2-5,7,9-10H,6,8H2,1H3,(H,17,20)(H,18,19). The SMILES string of the molecule is CNC(=O)c1cc(NCCc2ccc(F)cc2)ccn1. The van der Waals surface area contributed by atoms with Crippen molar-refractivity contribution in [2.24, 2.45) is 0 Å². The number of nitrogens with one attached hydrogen (secondary N) is 2. The van der Waals surface area contributed by atoms with Crippen molar-refractivity contribution in [3.63, 3.8) is 0 Å². The number of aromatic nitrogens is 1. The minimum Gasteiger partial charge on any atom is -0.385 e. The van der Waals surface area contributed by atoms with Gasteiger partial charge in [-0.25, -0.2) is 4.39 Å². The van der Waals surface area contributed by atoms with Crippen LogP contribution in [0.1, 0.15) is 16.1 Å². The number of hydrogen-bond acceptors (Lipinski definition) is 3. The first kappa shape index (κ1) is 14.0. The van der Waals surface area contributed by atoms with Crippen LogP contribution in [0.2, 0.25) is 0 Å².